The summed E-state index contributed by atoms with van der Waals surface area (Å²) >= 11 is 1.48. The minimum absolute atomic E-state index is 0.113. The van der Waals surface area contributed by atoms with Gasteiger partial charge in [0.2, 0.25) is 0 Å². The van der Waals surface area contributed by atoms with Crippen LogP contribution in [0.25, 0.3) is 0 Å². The number of hydrogen-bond donors (Lipinski definition) is 0. The molecule has 0 bridgehead atoms. The molecule has 0 spiro atoms. The van der Waals surface area contributed by atoms with E-state index in [0.717, 1.165) is 17.7 Å². The van der Waals surface area contributed by atoms with E-state index < -0.39 is 0 Å². The van der Waals surface area contributed by atoms with Crippen molar-refractivity contribution in [2.24, 2.45) is 5.92 Å². The number of thiophene rings is 1. The zero-order valence-corrected chi connectivity index (χ0v) is 10.8. The Morgan fingerprint density at radius 3 is 2.65 bits per heavy atom. The third-order valence-electron chi connectivity index (χ3n) is 3.32. The number of carbonyl (C=O) groups excluding carboxylic acids is 2. The second kappa shape index (κ2) is 5.45. The minimum Gasteiger partial charge on any atom is -0.338 e. The Morgan fingerprint density at radius 1 is 1.41 bits per heavy atom. The maximum atomic E-state index is 12.1. The lowest BCUT2D eigenvalue weighted by atomic mass is 9.91. The molecule has 0 radical (unpaired) electrons. The third-order valence-corrected chi connectivity index (χ3v) is 4.18. The highest BCUT2D eigenvalue weighted by atomic mass is 32.1. The van der Waals surface area contributed by atoms with E-state index in [0.29, 0.717) is 25.3 Å². The van der Waals surface area contributed by atoms with E-state index in [9.17, 15) is 9.59 Å². The summed E-state index contributed by atoms with van der Waals surface area (Å²) in [4.78, 5) is 26.3. The Bertz CT molecular complexity index is 392. The predicted molar refractivity (Wildman–Crippen MR) is 68.2 cm³/mol. The average Bonchev–Trinajstić information content (AvgIpc) is 2.91. The summed E-state index contributed by atoms with van der Waals surface area (Å²) in [5.74, 6) is 0.628. The van der Waals surface area contributed by atoms with Gasteiger partial charge in [0.05, 0.1) is 4.88 Å². The molecule has 4 heteroatoms. The van der Waals surface area contributed by atoms with Gasteiger partial charge in [0.25, 0.3) is 5.91 Å². The lowest BCUT2D eigenvalue weighted by molar-refractivity contribution is -0.123. The first kappa shape index (κ1) is 12.3. The summed E-state index contributed by atoms with van der Waals surface area (Å²) in [5.41, 5.74) is 0. The molecule has 3 nitrogen and oxygen atoms in total. The van der Waals surface area contributed by atoms with E-state index in [1.165, 1.54) is 11.3 Å². The van der Waals surface area contributed by atoms with Crippen molar-refractivity contribution in [1.29, 1.82) is 0 Å². The number of nitrogens with zero attached hydrogens (tertiary/aromatic N) is 1. The highest BCUT2D eigenvalue weighted by molar-refractivity contribution is 7.12. The number of amides is 1. The van der Waals surface area contributed by atoms with Crippen molar-refractivity contribution in [3.63, 3.8) is 0 Å². The van der Waals surface area contributed by atoms with Crippen LogP contribution in [0, 0.1) is 5.92 Å². The molecule has 0 unspecified atom stereocenters. The van der Waals surface area contributed by atoms with Crippen LogP contribution in [-0.4, -0.2) is 29.7 Å². The van der Waals surface area contributed by atoms with Crippen molar-refractivity contribution in [2.75, 3.05) is 13.1 Å². The van der Waals surface area contributed by atoms with Crippen LogP contribution in [0.5, 0.6) is 0 Å². The van der Waals surface area contributed by atoms with Gasteiger partial charge in [-0.2, -0.15) is 0 Å². The van der Waals surface area contributed by atoms with Gasteiger partial charge in [-0.25, -0.2) is 0 Å². The van der Waals surface area contributed by atoms with E-state index in [1.54, 1.807) is 0 Å². The molecular formula is C13H17NO2S. The number of likely N-dealkylation sites (tertiary alicyclic amines) is 1. The van der Waals surface area contributed by atoms with Gasteiger partial charge in [-0.1, -0.05) is 13.0 Å². The van der Waals surface area contributed by atoms with Gasteiger partial charge < -0.3 is 4.90 Å². The lowest BCUT2D eigenvalue weighted by Gasteiger charge is -2.30. The predicted octanol–water partition coefficient (Wildman–Crippen LogP) is 2.58. The fourth-order valence-electron chi connectivity index (χ4n) is 2.25. The largest absolute Gasteiger partial charge is 0.338 e. The molecule has 1 fully saturated rings. The van der Waals surface area contributed by atoms with Crippen molar-refractivity contribution in [3.8, 4) is 0 Å². The van der Waals surface area contributed by atoms with E-state index in [-0.39, 0.29) is 11.8 Å². The van der Waals surface area contributed by atoms with Crippen LogP contribution in [0.4, 0.5) is 0 Å². The number of ketones is 1. The Kier molecular flexibility index (Phi) is 3.94. The SMILES string of the molecule is CCC(=O)C1CCN(C(=O)c2cccs2)CC1. The van der Waals surface area contributed by atoms with Gasteiger partial charge in [-0.3, -0.25) is 9.59 Å². The summed E-state index contributed by atoms with van der Waals surface area (Å²) in [7, 11) is 0. The molecule has 1 amide bonds. The standard InChI is InChI=1S/C13H17NO2S/c1-2-11(15)10-5-7-14(8-6-10)13(16)12-4-3-9-17-12/h3-4,9-10H,2,5-8H2,1H3. The van der Waals surface area contributed by atoms with Gasteiger partial charge in [0.15, 0.2) is 0 Å². The van der Waals surface area contributed by atoms with Gasteiger partial charge in [-0.15, -0.1) is 11.3 Å². The summed E-state index contributed by atoms with van der Waals surface area (Å²) in [6, 6.07) is 3.75. The molecule has 0 aromatic carbocycles. The van der Waals surface area contributed by atoms with Crippen molar-refractivity contribution in [2.45, 2.75) is 26.2 Å². The van der Waals surface area contributed by atoms with Crippen LogP contribution >= 0.6 is 11.3 Å². The maximum absolute atomic E-state index is 12.1. The zero-order valence-electron chi connectivity index (χ0n) is 10.0. The Hall–Kier alpha value is -1.16. The smallest absolute Gasteiger partial charge is 0.263 e. The summed E-state index contributed by atoms with van der Waals surface area (Å²) < 4.78 is 0. The van der Waals surface area contributed by atoms with Gasteiger partial charge >= 0.3 is 0 Å². The number of Topliss-reactive ketones (excluding diaryl/α,β-unsaturated/α-hetero) is 1. The topological polar surface area (TPSA) is 37.4 Å². The molecule has 0 saturated carbocycles. The van der Waals surface area contributed by atoms with Crippen LogP contribution in [0.2, 0.25) is 0 Å². The van der Waals surface area contributed by atoms with Crippen molar-refractivity contribution in [3.05, 3.63) is 22.4 Å². The molecule has 2 heterocycles. The highest BCUT2D eigenvalue weighted by Gasteiger charge is 2.26. The minimum atomic E-state index is 0.113. The average molecular weight is 251 g/mol. The van der Waals surface area contributed by atoms with E-state index in [4.69, 9.17) is 0 Å². The second-order valence-corrected chi connectivity index (χ2v) is 5.31. The number of carbonyl (C=O) groups is 2. The first-order valence-corrected chi connectivity index (χ1v) is 6.95. The van der Waals surface area contributed by atoms with Crippen molar-refractivity contribution < 1.29 is 9.59 Å². The first-order chi connectivity index (χ1) is 8.22. The molecule has 0 N–H and O–H groups in total. The Balaban J connectivity index is 1.91. The third kappa shape index (κ3) is 2.75. The Morgan fingerprint density at radius 2 is 2.12 bits per heavy atom. The van der Waals surface area contributed by atoms with Crippen LogP contribution in [0.3, 0.4) is 0 Å². The molecule has 1 aliphatic heterocycles. The molecule has 0 aliphatic carbocycles. The van der Waals surface area contributed by atoms with Crippen LogP contribution in [0.15, 0.2) is 17.5 Å². The molecular weight excluding hydrogens is 234 g/mol. The molecule has 17 heavy (non-hydrogen) atoms. The molecule has 92 valence electrons. The Labute approximate surface area is 105 Å². The zero-order chi connectivity index (χ0) is 12.3. The second-order valence-electron chi connectivity index (χ2n) is 4.36. The molecule has 1 aromatic rings. The number of hydrogen-bond acceptors (Lipinski definition) is 3. The van der Waals surface area contributed by atoms with Crippen molar-refractivity contribution in [1.82, 2.24) is 4.90 Å². The quantitative estimate of drug-likeness (QED) is 0.828. The van der Waals surface area contributed by atoms with Crippen molar-refractivity contribution >= 4 is 23.0 Å². The first-order valence-electron chi connectivity index (χ1n) is 6.08. The number of piperidine rings is 1. The van der Waals surface area contributed by atoms with Gasteiger partial charge in [0, 0.05) is 25.4 Å². The van der Waals surface area contributed by atoms with E-state index in [1.807, 2.05) is 29.3 Å². The fraction of sp³-hybridized carbons (Fsp3) is 0.538. The monoisotopic (exact) mass is 251 g/mol. The van der Waals surface area contributed by atoms with Crippen LogP contribution in [-0.2, 0) is 4.79 Å². The summed E-state index contributed by atoms with van der Waals surface area (Å²) in [6.45, 7) is 3.34. The van der Waals surface area contributed by atoms with Gasteiger partial charge in [0.1, 0.15) is 5.78 Å². The molecule has 1 aromatic heterocycles. The highest BCUT2D eigenvalue weighted by Crippen LogP contribution is 2.22. The molecule has 0 atom stereocenters. The summed E-state index contributed by atoms with van der Waals surface area (Å²) in [5, 5.41) is 1.92. The molecule has 2 rings (SSSR count). The molecule has 1 saturated heterocycles. The van der Waals surface area contributed by atoms with Gasteiger partial charge in [-0.05, 0) is 24.3 Å². The normalized spacial score (nSPS) is 17.1. The van der Waals surface area contributed by atoms with E-state index >= 15 is 0 Å². The van der Waals surface area contributed by atoms with Crippen LogP contribution < -0.4 is 0 Å². The molecule has 1 aliphatic rings. The van der Waals surface area contributed by atoms with Crippen LogP contribution in [0.1, 0.15) is 35.9 Å². The lowest BCUT2D eigenvalue weighted by Crippen LogP contribution is -2.39. The fourth-order valence-corrected chi connectivity index (χ4v) is 2.94. The number of rotatable bonds is 3. The maximum Gasteiger partial charge on any atom is 0.263 e. The van der Waals surface area contributed by atoms with E-state index in [2.05, 4.69) is 0 Å². The summed E-state index contributed by atoms with van der Waals surface area (Å²) in [6.07, 6.45) is 2.26.